The molecule has 1 amide bonds. The molecule has 4 rings (SSSR count). The first kappa shape index (κ1) is 19.4. The highest BCUT2D eigenvalue weighted by Gasteiger charge is 2.09. The average Bonchev–Trinajstić information content (AvgIpc) is 2.78. The average molecular weight is 401 g/mol. The lowest BCUT2D eigenvalue weighted by Crippen LogP contribution is -2.30. The number of carbonyl (C=O) groups is 1. The van der Waals surface area contributed by atoms with E-state index in [4.69, 9.17) is 4.84 Å². The Morgan fingerprint density at radius 2 is 1.57 bits per heavy atom. The summed E-state index contributed by atoms with van der Waals surface area (Å²) >= 11 is 0. The van der Waals surface area contributed by atoms with Crippen molar-refractivity contribution in [1.29, 1.82) is 0 Å². The van der Waals surface area contributed by atoms with Gasteiger partial charge in [-0.25, -0.2) is 10.3 Å². The second-order valence-corrected chi connectivity index (χ2v) is 6.76. The summed E-state index contributed by atoms with van der Waals surface area (Å²) in [5.41, 5.74) is 4.30. The van der Waals surface area contributed by atoms with Crippen LogP contribution in [0.2, 0.25) is 0 Å². The molecule has 4 aromatic rings. The van der Waals surface area contributed by atoms with Gasteiger partial charge in [0, 0.05) is 5.56 Å². The van der Waals surface area contributed by atoms with Crippen molar-refractivity contribution in [3.05, 3.63) is 116 Å². The fourth-order valence-electron chi connectivity index (χ4n) is 3.16. The van der Waals surface area contributed by atoms with Crippen LogP contribution in [0.3, 0.4) is 0 Å². The van der Waals surface area contributed by atoms with E-state index in [0.717, 1.165) is 11.1 Å². The molecule has 0 saturated carbocycles. The maximum Gasteiger partial charge on any atom is 0.329 e. The van der Waals surface area contributed by atoms with Crippen molar-refractivity contribution in [2.75, 3.05) is 0 Å². The van der Waals surface area contributed by atoms with Gasteiger partial charge in [0.15, 0.2) is 0 Å². The Kier molecular flexibility index (Phi) is 5.54. The number of aromatic amines is 1. The fourth-order valence-corrected chi connectivity index (χ4v) is 3.16. The Bertz CT molecular complexity index is 1290. The number of hydrogen-bond donors (Lipinski definition) is 2. The number of hydroxylamine groups is 1. The summed E-state index contributed by atoms with van der Waals surface area (Å²) in [5, 5.41) is 0.448. The van der Waals surface area contributed by atoms with Crippen LogP contribution in [0.4, 0.5) is 0 Å². The van der Waals surface area contributed by atoms with Crippen LogP contribution in [0.25, 0.3) is 10.9 Å². The number of hydrogen-bond acceptors (Lipinski definition) is 4. The van der Waals surface area contributed by atoms with Gasteiger partial charge in [-0.2, -0.15) is 0 Å². The minimum Gasteiger partial charge on any atom is -0.289 e. The monoisotopic (exact) mass is 401 g/mol. The van der Waals surface area contributed by atoms with Gasteiger partial charge in [0.2, 0.25) is 0 Å². The van der Waals surface area contributed by atoms with Crippen LogP contribution >= 0.6 is 0 Å². The van der Waals surface area contributed by atoms with Crippen molar-refractivity contribution < 1.29 is 9.63 Å². The van der Waals surface area contributed by atoms with E-state index in [1.807, 2.05) is 30.3 Å². The van der Waals surface area contributed by atoms with E-state index in [1.54, 1.807) is 48.5 Å². The largest absolute Gasteiger partial charge is 0.329 e. The number of nitrogens with zero attached hydrogens (tertiary/aromatic N) is 1. The maximum atomic E-state index is 12.3. The molecule has 0 atom stereocenters. The predicted octanol–water partition coefficient (Wildman–Crippen LogP) is 2.60. The summed E-state index contributed by atoms with van der Waals surface area (Å²) in [6.45, 7) is 0.537. The lowest BCUT2D eigenvalue weighted by Gasteiger charge is -2.10. The third kappa shape index (κ3) is 4.21. The number of fused-ring (bicyclic) bond motifs is 1. The van der Waals surface area contributed by atoms with Gasteiger partial charge in [-0.05, 0) is 35.4 Å². The van der Waals surface area contributed by atoms with Gasteiger partial charge < -0.3 is 0 Å². The molecule has 0 fully saturated rings. The Balaban J connectivity index is 1.45. The molecule has 1 heterocycles. The Morgan fingerprint density at radius 3 is 2.33 bits per heavy atom. The van der Waals surface area contributed by atoms with E-state index in [0.29, 0.717) is 16.5 Å². The number of rotatable bonds is 6. The summed E-state index contributed by atoms with van der Waals surface area (Å²) in [7, 11) is 0. The third-order valence-corrected chi connectivity index (χ3v) is 4.71. The van der Waals surface area contributed by atoms with Crippen molar-refractivity contribution in [2.45, 2.75) is 13.2 Å². The molecule has 7 nitrogen and oxygen atoms in total. The van der Waals surface area contributed by atoms with Crippen LogP contribution in [-0.4, -0.2) is 15.5 Å². The van der Waals surface area contributed by atoms with Gasteiger partial charge in [0.25, 0.3) is 11.5 Å². The summed E-state index contributed by atoms with van der Waals surface area (Å²) < 4.78 is 1.49. The number of H-pyrrole nitrogens is 1. The zero-order valence-electron chi connectivity index (χ0n) is 16.0. The molecule has 2 N–H and O–H groups in total. The number of aromatic nitrogens is 2. The first-order valence-corrected chi connectivity index (χ1v) is 9.39. The molecule has 0 bridgehead atoms. The van der Waals surface area contributed by atoms with Crippen LogP contribution < -0.4 is 16.7 Å². The van der Waals surface area contributed by atoms with Crippen molar-refractivity contribution in [3.8, 4) is 0 Å². The minimum absolute atomic E-state index is 0.266. The molecular weight excluding hydrogens is 382 g/mol. The first-order chi connectivity index (χ1) is 14.6. The van der Waals surface area contributed by atoms with Gasteiger partial charge in [-0.15, -0.1) is 0 Å². The molecule has 1 aromatic heterocycles. The van der Waals surface area contributed by atoms with Crippen molar-refractivity contribution in [1.82, 2.24) is 15.0 Å². The fraction of sp³-hybridized carbons (Fsp3) is 0.0870. The van der Waals surface area contributed by atoms with Gasteiger partial charge in [-0.1, -0.05) is 54.6 Å². The number of nitrogens with one attached hydrogen (secondary N) is 2. The molecule has 0 radical (unpaired) electrons. The van der Waals surface area contributed by atoms with E-state index < -0.39 is 11.2 Å². The molecular formula is C23H19N3O4. The normalized spacial score (nSPS) is 10.8. The van der Waals surface area contributed by atoms with Crippen molar-refractivity contribution in [3.63, 3.8) is 0 Å². The molecule has 0 aliphatic carbocycles. The predicted molar refractivity (Wildman–Crippen MR) is 113 cm³/mol. The second-order valence-electron chi connectivity index (χ2n) is 6.76. The van der Waals surface area contributed by atoms with Gasteiger partial charge >= 0.3 is 5.69 Å². The van der Waals surface area contributed by atoms with E-state index >= 15 is 0 Å². The van der Waals surface area contributed by atoms with E-state index in [2.05, 4.69) is 10.5 Å². The lowest BCUT2D eigenvalue weighted by molar-refractivity contribution is 0.0233. The highest BCUT2D eigenvalue weighted by molar-refractivity contribution is 5.93. The van der Waals surface area contributed by atoms with Crippen LogP contribution in [0.1, 0.15) is 21.5 Å². The summed E-state index contributed by atoms with van der Waals surface area (Å²) in [4.78, 5) is 44.1. The van der Waals surface area contributed by atoms with Crippen LogP contribution in [0, 0.1) is 0 Å². The standard InChI is InChI=1S/C23H19N3O4/c27-21(25-30-15-17-6-2-1-3-7-17)18-12-10-16(11-13-18)14-26-20-9-5-4-8-19(20)22(28)24-23(26)29/h1-13H,14-15H2,(H,25,27)(H,24,28,29). The van der Waals surface area contributed by atoms with Crippen LogP contribution in [0.5, 0.6) is 0 Å². The van der Waals surface area contributed by atoms with Crippen LogP contribution in [0.15, 0.2) is 88.5 Å². The van der Waals surface area contributed by atoms with Gasteiger partial charge in [0.05, 0.1) is 24.1 Å². The molecule has 30 heavy (non-hydrogen) atoms. The summed E-state index contributed by atoms with van der Waals surface area (Å²) in [6.07, 6.45) is 0. The quantitative estimate of drug-likeness (QED) is 0.486. The van der Waals surface area contributed by atoms with E-state index in [9.17, 15) is 14.4 Å². The second kappa shape index (κ2) is 8.59. The summed E-state index contributed by atoms with van der Waals surface area (Å²) in [5.74, 6) is -0.357. The maximum absolute atomic E-state index is 12.3. The minimum atomic E-state index is -0.477. The van der Waals surface area contributed by atoms with Gasteiger partial charge in [0.1, 0.15) is 0 Å². The molecule has 150 valence electrons. The smallest absolute Gasteiger partial charge is 0.289 e. The molecule has 0 spiro atoms. The van der Waals surface area contributed by atoms with Crippen molar-refractivity contribution >= 4 is 16.8 Å². The summed E-state index contributed by atoms with van der Waals surface area (Å²) in [6, 6.07) is 23.3. The molecule has 3 aromatic carbocycles. The molecule has 0 aliphatic heterocycles. The zero-order valence-corrected chi connectivity index (χ0v) is 16.0. The molecule has 0 unspecified atom stereocenters. The number of carbonyl (C=O) groups excluding carboxylic acids is 1. The lowest BCUT2D eigenvalue weighted by atomic mass is 10.1. The Morgan fingerprint density at radius 1 is 0.867 bits per heavy atom. The molecule has 0 aliphatic rings. The topological polar surface area (TPSA) is 93.2 Å². The third-order valence-electron chi connectivity index (χ3n) is 4.71. The Hall–Kier alpha value is -3.97. The number of amides is 1. The Labute approximate surface area is 171 Å². The van der Waals surface area contributed by atoms with Crippen molar-refractivity contribution in [2.24, 2.45) is 0 Å². The van der Waals surface area contributed by atoms with Gasteiger partial charge in [-0.3, -0.25) is 24.0 Å². The highest BCUT2D eigenvalue weighted by Crippen LogP contribution is 2.11. The van der Waals surface area contributed by atoms with Crippen LogP contribution in [-0.2, 0) is 18.0 Å². The number of benzene rings is 3. The molecule has 0 saturated heterocycles. The highest BCUT2D eigenvalue weighted by atomic mass is 16.6. The zero-order chi connectivity index (χ0) is 20.9. The number of para-hydroxylation sites is 1. The first-order valence-electron chi connectivity index (χ1n) is 9.39. The molecule has 7 heteroatoms. The van der Waals surface area contributed by atoms with E-state index in [1.165, 1.54) is 4.57 Å². The van der Waals surface area contributed by atoms with E-state index in [-0.39, 0.29) is 19.1 Å². The SMILES string of the molecule is O=C(NOCc1ccccc1)c1ccc(Cn2c(=O)[nH]c(=O)c3ccccc32)cc1.